The molecule has 2 aromatic carbocycles. The zero-order chi connectivity index (χ0) is 15.6. The Balaban J connectivity index is 1.68. The highest BCUT2D eigenvalue weighted by Gasteiger charge is 2.14. The number of benzene rings is 2. The molecule has 4 rings (SSSR count). The third-order valence-corrected chi connectivity index (χ3v) is 4.29. The molecule has 0 bridgehead atoms. The Labute approximate surface area is 135 Å². The molecule has 2 heterocycles. The van der Waals surface area contributed by atoms with E-state index in [2.05, 4.69) is 9.88 Å². The monoisotopic (exact) mass is 305 g/mol. The van der Waals surface area contributed by atoms with E-state index in [1.165, 1.54) is 12.8 Å². The molecule has 0 aliphatic carbocycles. The molecular formula is C19H19N3O. The molecule has 0 atom stereocenters. The van der Waals surface area contributed by atoms with Gasteiger partial charge >= 0.3 is 0 Å². The van der Waals surface area contributed by atoms with Crippen LogP contribution in [-0.2, 0) is 0 Å². The van der Waals surface area contributed by atoms with E-state index in [1.807, 2.05) is 54.7 Å². The van der Waals surface area contributed by atoms with Gasteiger partial charge in [0.1, 0.15) is 17.3 Å². The topological polar surface area (TPSA) is 51.4 Å². The summed E-state index contributed by atoms with van der Waals surface area (Å²) in [7, 11) is 0. The maximum Gasteiger partial charge on any atom is 0.135 e. The molecule has 1 aliphatic rings. The average Bonchev–Trinajstić information content (AvgIpc) is 3.13. The average molecular weight is 305 g/mol. The van der Waals surface area contributed by atoms with Crippen molar-refractivity contribution in [2.45, 2.75) is 12.8 Å². The number of ether oxygens (including phenoxy) is 1. The zero-order valence-corrected chi connectivity index (χ0v) is 12.9. The van der Waals surface area contributed by atoms with Crippen molar-refractivity contribution < 1.29 is 4.74 Å². The van der Waals surface area contributed by atoms with Crippen LogP contribution in [0.4, 0.5) is 11.5 Å². The first-order valence-corrected chi connectivity index (χ1v) is 7.97. The van der Waals surface area contributed by atoms with Crippen LogP contribution in [0.1, 0.15) is 12.8 Å². The van der Waals surface area contributed by atoms with Crippen LogP contribution in [0.5, 0.6) is 11.5 Å². The molecule has 0 radical (unpaired) electrons. The molecule has 4 heteroatoms. The lowest BCUT2D eigenvalue weighted by atomic mass is 10.1. The van der Waals surface area contributed by atoms with Gasteiger partial charge in [-0.05, 0) is 31.0 Å². The van der Waals surface area contributed by atoms with Crippen LogP contribution in [0.3, 0.4) is 0 Å². The quantitative estimate of drug-likeness (QED) is 0.736. The van der Waals surface area contributed by atoms with E-state index in [0.717, 1.165) is 46.9 Å². The summed E-state index contributed by atoms with van der Waals surface area (Å²) in [6, 6.07) is 15.7. The number of fused-ring (bicyclic) bond motifs is 1. The Morgan fingerprint density at radius 3 is 2.57 bits per heavy atom. The highest BCUT2D eigenvalue weighted by atomic mass is 16.5. The van der Waals surface area contributed by atoms with E-state index >= 15 is 0 Å². The van der Waals surface area contributed by atoms with Crippen LogP contribution in [0.15, 0.2) is 54.7 Å². The molecule has 3 aromatic rings. The van der Waals surface area contributed by atoms with Crippen molar-refractivity contribution in [1.82, 2.24) is 4.98 Å². The lowest BCUT2D eigenvalue weighted by molar-refractivity contribution is 0.487. The van der Waals surface area contributed by atoms with Crippen molar-refractivity contribution in [3.05, 3.63) is 54.7 Å². The second-order valence-electron chi connectivity index (χ2n) is 5.84. The number of anilines is 2. The van der Waals surface area contributed by atoms with Crippen molar-refractivity contribution in [2.75, 3.05) is 23.7 Å². The number of nitrogen functional groups attached to an aromatic ring is 1. The predicted octanol–water partition coefficient (Wildman–Crippen LogP) is 4.21. The van der Waals surface area contributed by atoms with Gasteiger partial charge in [-0.15, -0.1) is 0 Å². The molecule has 4 nitrogen and oxygen atoms in total. The van der Waals surface area contributed by atoms with Gasteiger partial charge in [-0.1, -0.05) is 24.3 Å². The number of aromatic nitrogens is 1. The summed E-state index contributed by atoms with van der Waals surface area (Å²) in [6.07, 6.45) is 4.27. The van der Waals surface area contributed by atoms with Gasteiger partial charge < -0.3 is 15.4 Å². The number of rotatable bonds is 3. The second-order valence-corrected chi connectivity index (χ2v) is 5.84. The summed E-state index contributed by atoms with van der Waals surface area (Å²) in [6.45, 7) is 2.14. The van der Waals surface area contributed by atoms with E-state index in [9.17, 15) is 0 Å². The van der Waals surface area contributed by atoms with Crippen LogP contribution in [0.25, 0.3) is 10.8 Å². The minimum absolute atomic E-state index is 0.764. The lowest BCUT2D eigenvalue weighted by Crippen LogP contribution is -2.18. The first-order valence-electron chi connectivity index (χ1n) is 7.97. The van der Waals surface area contributed by atoms with Gasteiger partial charge in [0.15, 0.2) is 0 Å². The highest BCUT2D eigenvalue weighted by molar-refractivity contribution is 5.97. The zero-order valence-electron chi connectivity index (χ0n) is 12.9. The molecule has 116 valence electrons. The molecule has 1 aliphatic heterocycles. The molecule has 0 unspecified atom stereocenters. The van der Waals surface area contributed by atoms with E-state index in [4.69, 9.17) is 10.5 Å². The Bertz CT molecular complexity index is 841. The normalized spacial score (nSPS) is 14.3. The third-order valence-electron chi connectivity index (χ3n) is 4.29. The van der Waals surface area contributed by atoms with E-state index in [0.29, 0.717) is 0 Å². The predicted molar refractivity (Wildman–Crippen MR) is 94.1 cm³/mol. The molecular weight excluding hydrogens is 286 g/mol. The smallest absolute Gasteiger partial charge is 0.135 e. The molecule has 1 aromatic heterocycles. The highest BCUT2D eigenvalue weighted by Crippen LogP contribution is 2.34. The second kappa shape index (κ2) is 5.80. The first-order chi connectivity index (χ1) is 11.3. The van der Waals surface area contributed by atoms with Gasteiger partial charge in [-0.2, -0.15) is 0 Å². The lowest BCUT2D eigenvalue weighted by Gasteiger charge is -2.17. The van der Waals surface area contributed by atoms with Crippen LogP contribution in [0, 0.1) is 0 Å². The number of nitrogens with two attached hydrogens (primary N) is 1. The summed E-state index contributed by atoms with van der Waals surface area (Å²) in [4.78, 5) is 6.76. The van der Waals surface area contributed by atoms with Gasteiger partial charge in [0.05, 0.1) is 0 Å². The fourth-order valence-corrected chi connectivity index (χ4v) is 3.09. The van der Waals surface area contributed by atoms with Gasteiger partial charge in [0.2, 0.25) is 0 Å². The molecule has 1 saturated heterocycles. The van der Waals surface area contributed by atoms with Gasteiger partial charge in [0.25, 0.3) is 0 Å². The number of hydrogen-bond acceptors (Lipinski definition) is 4. The molecule has 0 spiro atoms. The van der Waals surface area contributed by atoms with Crippen molar-refractivity contribution in [3.8, 4) is 11.5 Å². The van der Waals surface area contributed by atoms with E-state index in [1.54, 1.807) is 0 Å². The summed E-state index contributed by atoms with van der Waals surface area (Å²) < 4.78 is 6.12. The summed E-state index contributed by atoms with van der Waals surface area (Å²) in [5, 5.41) is 2.03. The Kier molecular flexibility index (Phi) is 3.50. The van der Waals surface area contributed by atoms with Gasteiger partial charge in [-0.3, -0.25) is 0 Å². The Morgan fingerprint density at radius 2 is 1.74 bits per heavy atom. The standard InChI is InChI=1S/C19H19N3O/c20-17-7-8-18(16-6-2-1-5-15(16)17)23-14-9-10-21-19(13-14)22-11-3-4-12-22/h1-2,5-10,13H,3-4,11-12,20H2. The molecule has 0 amide bonds. The maximum atomic E-state index is 6.12. The summed E-state index contributed by atoms with van der Waals surface area (Å²) in [5.41, 5.74) is 6.82. The SMILES string of the molecule is Nc1ccc(Oc2ccnc(N3CCCC3)c2)c2ccccc12. The van der Waals surface area contributed by atoms with Crippen molar-refractivity contribution in [3.63, 3.8) is 0 Å². The fourth-order valence-electron chi connectivity index (χ4n) is 3.09. The van der Waals surface area contributed by atoms with Crippen molar-refractivity contribution in [1.29, 1.82) is 0 Å². The van der Waals surface area contributed by atoms with E-state index < -0.39 is 0 Å². The molecule has 23 heavy (non-hydrogen) atoms. The van der Waals surface area contributed by atoms with Crippen molar-refractivity contribution in [2.24, 2.45) is 0 Å². The van der Waals surface area contributed by atoms with Crippen LogP contribution >= 0.6 is 0 Å². The van der Waals surface area contributed by atoms with Crippen LogP contribution in [-0.4, -0.2) is 18.1 Å². The number of nitrogens with zero attached hydrogens (tertiary/aromatic N) is 2. The summed E-state index contributed by atoms with van der Waals surface area (Å²) in [5.74, 6) is 2.60. The summed E-state index contributed by atoms with van der Waals surface area (Å²) >= 11 is 0. The van der Waals surface area contributed by atoms with Gasteiger partial charge in [-0.25, -0.2) is 4.98 Å². The number of hydrogen-bond donors (Lipinski definition) is 1. The number of pyridine rings is 1. The maximum absolute atomic E-state index is 6.12. The third kappa shape index (κ3) is 2.68. The minimum atomic E-state index is 0.764. The molecule has 2 N–H and O–H groups in total. The van der Waals surface area contributed by atoms with Crippen LogP contribution < -0.4 is 15.4 Å². The van der Waals surface area contributed by atoms with E-state index in [-0.39, 0.29) is 0 Å². The minimum Gasteiger partial charge on any atom is -0.457 e. The molecule has 1 fully saturated rings. The molecule has 0 saturated carbocycles. The fraction of sp³-hybridized carbons (Fsp3) is 0.211. The van der Waals surface area contributed by atoms with Crippen LogP contribution in [0.2, 0.25) is 0 Å². The van der Waals surface area contributed by atoms with Crippen molar-refractivity contribution >= 4 is 22.3 Å². The Morgan fingerprint density at radius 1 is 0.957 bits per heavy atom. The largest absolute Gasteiger partial charge is 0.457 e. The first kappa shape index (κ1) is 13.9. The Hall–Kier alpha value is -2.75. The van der Waals surface area contributed by atoms with Gasteiger partial charge in [0, 0.05) is 41.8 Å².